The van der Waals surface area contributed by atoms with E-state index in [0.29, 0.717) is 24.8 Å². The zero-order valence-corrected chi connectivity index (χ0v) is 11.8. The summed E-state index contributed by atoms with van der Waals surface area (Å²) >= 11 is 0. The van der Waals surface area contributed by atoms with Crippen LogP contribution < -0.4 is 5.76 Å². The van der Waals surface area contributed by atoms with Gasteiger partial charge in [-0.2, -0.15) is 0 Å². The lowest BCUT2D eigenvalue weighted by Crippen LogP contribution is -2.43. The molecule has 1 aliphatic rings. The Hall–Kier alpha value is -2.06. The van der Waals surface area contributed by atoms with Crippen molar-refractivity contribution in [3.8, 4) is 11.6 Å². The van der Waals surface area contributed by atoms with Crippen molar-refractivity contribution in [3.05, 3.63) is 29.0 Å². The van der Waals surface area contributed by atoms with Gasteiger partial charge in [0.2, 0.25) is 5.82 Å². The van der Waals surface area contributed by atoms with Gasteiger partial charge in [-0.1, -0.05) is 5.16 Å². The predicted molar refractivity (Wildman–Crippen MR) is 73.6 cm³/mol. The van der Waals surface area contributed by atoms with Crippen molar-refractivity contribution in [2.24, 2.45) is 0 Å². The largest absolute Gasteiger partial charge is 0.442 e. The van der Waals surface area contributed by atoms with Crippen LogP contribution in [0.25, 0.3) is 11.6 Å². The minimum atomic E-state index is -0.487. The van der Waals surface area contributed by atoms with Gasteiger partial charge in [-0.3, -0.25) is 14.0 Å². The third kappa shape index (κ3) is 3.17. The second-order valence-electron chi connectivity index (χ2n) is 4.98. The van der Waals surface area contributed by atoms with Gasteiger partial charge in [-0.15, -0.1) is 0 Å². The first-order valence-corrected chi connectivity index (χ1v) is 6.92. The number of rotatable bonds is 4. The molecule has 1 aliphatic heterocycles. The third-order valence-corrected chi connectivity index (χ3v) is 3.42. The van der Waals surface area contributed by atoms with Crippen LogP contribution in [0.4, 0.5) is 0 Å². The van der Waals surface area contributed by atoms with Gasteiger partial charge in [0.05, 0.1) is 12.7 Å². The topological polar surface area (TPSA) is 86.3 Å². The molecule has 1 fully saturated rings. The number of aromatic nitrogens is 4. The van der Waals surface area contributed by atoms with Crippen molar-refractivity contribution in [3.63, 3.8) is 0 Å². The molecular weight excluding hydrogens is 274 g/mol. The van der Waals surface area contributed by atoms with Crippen molar-refractivity contribution in [2.45, 2.75) is 19.6 Å². The van der Waals surface area contributed by atoms with Gasteiger partial charge in [0.25, 0.3) is 0 Å². The van der Waals surface area contributed by atoms with Crippen LogP contribution in [0.2, 0.25) is 0 Å². The van der Waals surface area contributed by atoms with Crippen molar-refractivity contribution < 1.29 is 9.26 Å². The molecule has 3 rings (SSSR count). The van der Waals surface area contributed by atoms with Crippen molar-refractivity contribution in [1.29, 1.82) is 0 Å². The molecule has 1 saturated heterocycles. The number of hydrogen-bond acceptors (Lipinski definition) is 7. The number of morpholine rings is 1. The van der Waals surface area contributed by atoms with E-state index in [0.717, 1.165) is 19.6 Å². The molecule has 2 aromatic heterocycles. The fourth-order valence-corrected chi connectivity index (χ4v) is 2.38. The Morgan fingerprint density at radius 2 is 2.14 bits per heavy atom. The number of nitrogens with zero attached hydrogens (tertiary/aromatic N) is 5. The Balaban J connectivity index is 1.74. The monoisotopic (exact) mass is 291 g/mol. The highest BCUT2D eigenvalue weighted by Gasteiger charge is 2.19. The zero-order chi connectivity index (χ0) is 14.7. The molecule has 8 heteroatoms. The molecular formula is C13H17N5O3. The highest BCUT2D eigenvalue weighted by molar-refractivity contribution is 5.41. The van der Waals surface area contributed by atoms with Crippen LogP contribution in [0.5, 0.6) is 0 Å². The average molecular weight is 291 g/mol. The molecule has 0 aliphatic carbocycles. The molecule has 1 atom stereocenters. The lowest BCUT2D eigenvalue weighted by molar-refractivity contribution is -0.0192. The van der Waals surface area contributed by atoms with E-state index in [9.17, 15) is 4.79 Å². The van der Waals surface area contributed by atoms with E-state index in [-0.39, 0.29) is 6.10 Å². The van der Waals surface area contributed by atoms with Crippen LogP contribution in [0.1, 0.15) is 6.92 Å². The molecule has 112 valence electrons. The molecule has 0 aromatic carbocycles. The molecule has 0 amide bonds. The number of hydrogen-bond donors (Lipinski definition) is 0. The summed E-state index contributed by atoms with van der Waals surface area (Å²) in [6.07, 6.45) is 3.43. The fraction of sp³-hybridized carbons (Fsp3) is 0.538. The maximum atomic E-state index is 11.8. The summed E-state index contributed by atoms with van der Waals surface area (Å²) in [5.41, 5.74) is 0. The highest BCUT2D eigenvalue weighted by atomic mass is 16.5. The summed E-state index contributed by atoms with van der Waals surface area (Å²) in [4.78, 5) is 22.2. The summed E-state index contributed by atoms with van der Waals surface area (Å²) in [6.45, 7) is 5.70. The van der Waals surface area contributed by atoms with E-state index in [1.165, 1.54) is 4.57 Å². The Morgan fingerprint density at radius 1 is 1.33 bits per heavy atom. The van der Waals surface area contributed by atoms with Gasteiger partial charge >= 0.3 is 5.76 Å². The predicted octanol–water partition coefficient (Wildman–Crippen LogP) is 0.0140. The third-order valence-electron chi connectivity index (χ3n) is 3.42. The Bertz CT molecular complexity index is 639. The van der Waals surface area contributed by atoms with Crippen molar-refractivity contribution >= 4 is 0 Å². The van der Waals surface area contributed by atoms with E-state index in [1.807, 2.05) is 6.92 Å². The molecule has 21 heavy (non-hydrogen) atoms. The lowest BCUT2D eigenvalue weighted by atomic mass is 10.3. The maximum Gasteiger partial charge on any atom is 0.442 e. The molecule has 0 N–H and O–H groups in total. The van der Waals surface area contributed by atoms with Crippen LogP contribution in [0, 0.1) is 0 Å². The van der Waals surface area contributed by atoms with Gasteiger partial charge in [-0.25, -0.2) is 14.8 Å². The Morgan fingerprint density at radius 3 is 2.90 bits per heavy atom. The van der Waals surface area contributed by atoms with Gasteiger partial charge in [0, 0.05) is 38.6 Å². The van der Waals surface area contributed by atoms with Crippen molar-refractivity contribution in [1.82, 2.24) is 24.6 Å². The lowest BCUT2D eigenvalue weighted by Gasteiger charge is -2.30. The Kier molecular flexibility index (Phi) is 4.07. The van der Waals surface area contributed by atoms with Gasteiger partial charge in [0.1, 0.15) is 0 Å². The van der Waals surface area contributed by atoms with Crippen LogP contribution in [-0.4, -0.2) is 56.9 Å². The Labute approximate surface area is 121 Å². The van der Waals surface area contributed by atoms with Gasteiger partial charge in [-0.05, 0) is 13.0 Å². The first-order valence-electron chi connectivity index (χ1n) is 6.92. The van der Waals surface area contributed by atoms with Crippen LogP contribution in [0.3, 0.4) is 0 Å². The SMILES string of the molecule is CC1CN(CCn2c(-c3ncccn3)noc2=O)CCO1. The smallest absolute Gasteiger partial charge is 0.376 e. The second kappa shape index (κ2) is 6.15. The van der Waals surface area contributed by atoms with E-state index in [4.69, 9.17) is 9.26 Å². The van der Waals surface area contributed by atoms with Crippen LogP contribution >= 0.6 is 0 Å². The molecule has 0 saturated carbocycles. The van der Waals surface area contributed by atoms with Crippen molar-refractivity contribution in [2.75, 3.05) is 26.2 Å². The molecule has 8 nitrogen and oxygen atoms in total. The highest BCUT2D eigenvalue weighted by Crippen LogP contribution is 2.10. The average Bonchev–Trinajstić information content (AvgIpc) is 2.87. The number of ether oxygens (including phenoxy) is 1. The molecule has 1 unspecified atom stereocenters. The molecule has 2 aromatic rings. The molecule has 0 bridgehead atoms. The van der Waals surface area contributed by atoms with Crippen LogP contribution in [-0.2, 0) is 11.3 Å². The molecule has 3 heterocycles. The first-order chi connectivity index (χ1) is 10.2. The van der Waals surface area contributed by atoms with Crippen LogP contribution in [0.15, 0.2) is 27.8 Å². The minimum absolute atomic E-state index is 0.217. The quantitative estimate of drug-likeness (QED) is 0.784. The van der Waals surface area contributed by atoms with E-state index in [1.54, 1.807) is 18.5 Å². The summed E-state index contributed by atoms with van der Waals surface area (Å²) in [5.74, 6) is 0.263. The summed E-state index contributed by atoms with van der Waals surface area (Å²) in [7, 11) is 0. The maximum absolute atomic E-state index is 11.8. The van der Waals surface area contributed by atoms with E-state index >= 15 is 0 Å². The molecule has 0 radical (unpaired) electrons. The summed E-state index contributed by atoms with van der Waals surface area (Å²) in [5, 5.41) is 3.77. The van der Waals surface area contributed by atoms with E-state index in [2.05, 4.69) is 20.0 Å². The van der Waals surface area contributed by atoms with Gasteiger partial charge < -0.3 is 4.74 Å². The standard InChI is InChI=1S/C13H17N5O3/c1-10-9-17(7-8-20-10)5-6-18-12(16-21-13(18)19)11-14-3-2-4-15-11/h2-4,10H,5-9H2,1H3. The summed E-state index contributed by atoms with van der Waals surface area (Å²) < 4.78 is 11.7. The summed E-state index contributed by atoms with van der Waals surface area (Å²) in [6, 6.07) is 1.71. The second-order valence-corrected chi connectivity index (χ2v) is 4.98. The van der Waals surface area contributed by atoms with Gasteiger partial charge in [0.15, 0.2) is 5.82 Å². The minimum Gasteiger partial charge on any atom is -0.376 e. The fourth-order valence-electron chi connectivity index (χ4n) is 2.38. The normalized spacial score (nSPS) is 19.8. The molecule has 0 spiro atoms. The van der Waals surface area contributed by atoms with E-state index < -0.39 is 5.76 Å². The first kappa shape index (κ1) is 13.9. The zero-order valence-electron chi connectivity index (χ0n) is 11.8.